The molecule has 14 heteroatoms. The first-order chi connectivity index (χ1) is 21.7. The van der Waals surface area contributed by atoms with Gasteiger partial charge in [0.25, 0.3) is 17.7 Å². The van der Waals surface area contributed by atoms with Crippen LogP contribution < -0.4 is 26.8 Å². The van der Waals surface area contributed by atoms with Gasteiger partial charge in [0.2, 0.25) is 5.91 Å². The lowest BCUT2D eigenvalue weighted by Gasteiger charge is -2.30. The molecule has 3 aromatic rings. The summed E-state index contributed by atoms with van der Waals surface area (Å²) in [5.41, 5.74) is 7.53. The molecular weight excluding hydrogens is 580 g/mol. The maximum Gasteiger partial charge on any atom is 0.328 e. The average Bonchev–Trinajstić information content (AvgIpc) is 3.53. The summed E-state index contributed by atoms with van der Waals surface area (Å²) in [6.45, 7) is 3.65. The summed E-state index contributed by atoms with van der Waals surface area (Å²) < 4.78 is 7.03. The Kier molecular flexibility index (Phi) is 9.90. The lowest BCUT2D eigenvalue weighted by Crippen LogP contribution is -2.40. The molecule has 1 aliphatic carbocycles. The molecule has 4 amide bonds. The van der Waals surface area contributed by atoms with Crippen LogP contribution in [0.3, 0.4) is 0 Å². The molecular formula is C31H38N8O6. The predicted molar refractivity (Wildman–Crippen MR) is 165 cm³/mol. The highest BCUT2D eigenvalue weighted by Gasteiger charge is 2.31. The van der Waals surface area contributed by atoms with Crippen molar-refractivity contribution in [2.75, 3.05) is 32.0 Å². The van der Waals surface area contributed by atoms with E-state index in [2.05, 4.69) is 25.6 Å². The molecule has 1 fully saturated rings. The molecule has 0 radical (unpaired) electrons. The second-order valence-corrected chi connectivity index (χ2v) is 11.4. The van der Waals surface area contributed by atoms with Gasteiger partial charge in [0, 0.05) is 43.3 Å². The van der Waals surface area contributed by atoms with Crippen molar-refractivity contribution in [1.29, 1.82) is 0 Å². The standard InChI is InChI=1S/C31H38N8O6/c1-2-3-16-45-30-36-26(32)25-27(37-30)39(31(44)35-25)18-20-6-10-22(11-7-20)29(43)34-15-14-33-28(42)21-8-4-19(5-9-21)17-38-23(40)12-13-24(38)41/h6-7,10-13,19,21H,2-5,8-9,14-18H2,1H3,(H,33,42)(H,34,43)(H,35,44)(H2,32,36,37). The maximum atomic E-state index is 12.7. The fourth-order valence-electron chi connectivity index (χ4n) is 5.58. The molecule has 3 heterocycles. The van der Waals surface area contributed by atoms with Gasteiger partial charge >= 0.3 is 11.7 Å². The van der Waals surface area contributed by atoms with Crippen molar-refractivity contribution in [3.05, 3.63) is 58.0 Å². The van der Waals surface area contributed by atoms with Crippen molar-refractivity contribution in [3.8, 4) is 6.01 Å². The summed E-state index contributed by atoms with van der Waals surface area (Å²) in [4.78, 5) is 74.0. The molecule has 0 atom stereocenters. The Bertz CT molecular complexity index is 1630. The number of hydrogen-bond donors (Lipinski definition) is 4. The second kappa shape index (κ2) is 14.2. The fraction of sp³-hybridized carbons (Fsp3) is 0.452. The van der Waals surface area contributed by atoms with E-state index in [0.29, 0.717) is 49.3 Å². The number of nitrogens with two attached hydrogens (primary N) is 1. The monoisotopic (exact) mass is 618 g/mol. The van der Waals surface area contributed by atoms with Gasteiger partial charge < -0.3 is 26.1 Å². The third-order valence-electron chi connectivity index (χ3n) is 8.18. The van der Waals surface area contributed by atoms with Crippen LogP contribution in [0.15, 0.2) is 41.2 Å². The van der Waals surface area contributed by atoms with Gasteiger partial charge in [-0.15, -0.1) is 0 Å². The number of aromatic nitrogens is 4. The zero-order valence-corrected chi connectivity index (χ0v) is 25.2. The lowest BCUT2D eigenvalue weighted by molar-refractivity contribution is -0.138. The van der Waals surface area contributed by atoms with E-state index < -0.39 is 0 Å². The van der Waals surface area contributed by atoms with Crippen molar-refractivity contribution >= 4 is 40.6 Å². The van der Waals surface area contributed by atoms with E-state index in [0.717, 1.165) is 31.2 Å². The Labute approximate surface area is 259 Å². The number of unbranched alkanes of at least 4 members (excludes halogenated alkanes) is 1. The van der Waals surface area contributed by atoms with E-state index in [4.69, 9.17) is 10.5 Å². The minimum atomic E-state index is -0.388. The number of carbonyl (C=O) groups excluding carboxylic acids is 4. The van der Waals surface area contributed by atoms with Gasteiger partial charge in [-0.25, -0.2) is 4.79 Å². The number of anilines is 1. The van der Waals surface area contributed by atoms with Gasteiger partial charge in [-0.1, -0.05) is 25.5 Å². The van der Waals surface area contributed by atoms with Crippen LogP contribution in [-0.2, 0) is 20.9 Å². The predicted octanol–water partition coefficient (Wildman–Crippen LogP) is 1.51. The Morgan fingerprint density at radius 3 is 2.38 bits per heavy atom. The van der Waals surface area contributed by atoms with Crippen LogP contribution in [0.1, 0.15) is 61.4 Å². The number of benzene rings is 1. The summed E-state index contributed by atoms with van der Waals surface area (Å²) in [5, 5.41) is 5.70. The first-order valence-corrected chi connectivity index (χ1v) is 15.3. The van der Waals surface area contributed by atoms with Crippen LogP contribution in [0.2, 0.25) is 0 Å². The Hall–Kier alpha value is -5.01. The van der Waals surface area contributed by atoms with Gasteiger partial charge in [0.1, 0.15) is 5.52 Å². The van der Waals surface area contributed by atoms with Gasteiger partial charge in [0.05, 0.1) is 13.2 Å². The largest absolute Gasteiger partial charge is 0.463 e. The zero-order valence-electron chi connectivity index (χ0n) is 25.2. The quantitative estimate of drug-likeness (QED) is 0.162. The third kappa shape index (κ3) is 7.56. The molecule has 238 valence electrons. The summed E-state index contributed by atoms with van der Waals surface area (Å²) in [7, 11) is 0. The summed E-state index contributed by atoms with van der Waals surface area (Å²) in [6, 6.07) is 6.97. The molecule has 5 N–H and O–H groups in total. The maximum absolute atomic E-state index is 12.7. The van der Waals surface area contributed by atoms with Crippen molar-refractivity contribution in [1.82, 2.24) is 35.1 Å². The fourth-order valence-corrected chi connectivity index (χ4v) is 5.58. The number of nitrogens with one attached hydrogen (secondary N) is 3. The van der Waals surface area contributed by atoms with Gasteiger partial charge in [-0.3, -0.25) is 28.6 Å². The van der Waals surface area contributed by atoms with Gasteiger partial charge in [-0.05, 0) is 55.7 Å². The molecule has 2 aliphatic rings. The Morgan fingerprint density at radius 2 is 1.69 bits per heavy atom. The number of aromatic amines is 1. The van der Waals surface area contributed by atoms with Crippen molar-refractivity contribution in [3.63, 3.8) is 0 Å². The topological polar surface area (TPSA) is 194 Å². The number of imidazole rings is 1. The molecule has 0 unspecified atom stereocenters. The number of nitrogen functional groups attached to an aromatic ring is 1. The van der Waals surface area contributed by atoms with E-state index in [1.54, 1.807) is 24.3 Å². The number of rotatable bonds is 13. The summed E-state index contributed by atoms with van der Waals surface area (Å²) in [6.07, 6.45) is 7.30. The minimum absolute atomic E-state index is 0.0544. The first-order valence-electron chi connectivity index (χ1n) is 15.3. The van der Waals surface area contributed by atoms with Gasteiger partial charge in [0.15, 0.2) is 11.5 Å². The number of ether oxygens (including phenoxy) is 1. The number of nitrogens with zero attached hydrogens (tertiary/aromatic N) is 4. The Morgan fingerprint density at radius 1 is 1.00 bits per heavy atom. The second-order valence-electron chi connectivity index (χ2n) is 11.4. The molecule has 1 aromatic carbocycles. The van der Waals surface area contributed by atoms with E-state index >= 15 is 0 Å². The normalized spacial score (nSPS) is 18.0. The van der Waals surface area contributed by atoms with Crippen LogP contribution in [0.4, 0.5) is 5.82 Å². The van der Waals surface area contributed by atoms with E-state index in [1.807, 2.05) is 6.92 Å². The highest BCUT2D eigenvalue weighted by molar-refractivity contribution is 6.12. The smallest absolute Gasteiger partial charge is 0.328 e. The van der Waals surface area contributed by atoms with Crippen LogP contribution in [0.5, 0.6) is 6.01 Å². The molecule has 0 spiro atoms. The third-order valence-corrected chi connectivity index (χ3v) is 8.18. The van der Waals surface area contributed by atoms with Crippen LogP contribution in [-0.4, -0.2) is 74.3 Å². The number of H-pyrrole nitrogens is 1. The number of carbonyl (C=O) groups is 4. The number of fused-ring (bicyclic) bond motifs is 1. The number of amides is 4. The Balaban J connectivity index is 1.06. The SMILES string of the molecule is CCCCOc1nc(N)c2[nH]c(=O)n(Cc3ccc(C(=O)NCCNC(=O)C4CCC(CN5C(=O)C=CC5=O)CC4)cc3)c2n1. The lowest BCUT2D eigenvalue weighted by atomic mass is 9.81. The van der Waals surface area contributed by atoms with E-state index in [9.17, 15) is 24.0 Å². The zero-order chi connectivity index (χ0) is 31.9. The molecule has 0 bridgehead atoms. The summed E-state index contributed by atoms with van der Waals surface area (Å²) in [5.74, 6) is -0.683. The molecule has 14 nitrogen and oxygen atoms in total. The highest BCUT2D eigenvalue weighted by Crippen LogP contribution is 2.30. The number of imide groups is 1. The van der Waals surface area contributed by atoms with Crippen LogP contribution in [0, 0.1) is 11.8 Å². The van der Waals surface area contributed by atoms with E-state index in [-0.39, 0.29) is 66.1 Å². The van der Waals surface area contributed by atoms with Crippen molar-refractivity contribution in [2.45, 2.75) is 52.0 Å². The highest BCUT2D eigenvalue weighted by atomic mass is 16.5. The number of hydrogen-bond acceptors (Lipinski definition) is 9. The summed E-state index contributed by atoms with van der Waals surface area (Å²) >= 11 is 0. The van der Waals surface area contributed by atoms with Crippen molar-refractivity contribution < 1.29 is 23.9 Å². The molecule has 1 aliphatic heterocycles. The van der Waals surface area contributed by atoms with Crippen LogP contribution >= 0.6 is 0 Å². The first kappa shape index (κ1) is 31.4. The minimum Gasteiger partial charge on any atom is -0.463 e. The van der Waals surface area contributed by atoms with Crippen LogP contribution in [0.25, 0.3) is 11.2 Å². The molecule has 2 aromatic heterocycles. The van der Waals surface area contributed by atoms with Crippen molar-refractivity contribution in [2.24, 2.45) is 11.8 Å². The molecule has 45 heavy (non-hydrogen) atoms. The van der Waals surface area contributed by atoms with E-state index in [1.165, 1.54) is 21.6 Å². The molecule has 1 saturated carbocycles. The average molecular weight is 619 g/mol. The molecule has 5 rings (SSSR count). The van der Waals surface area contributed by atoms with Gasteiger partial charge in [-0.2, -0.15) is 9.97 Å². The molecule has 0 saturated heterocycles.